The molecular formula is C26H30O3S. The molecule has 1 aromatic carbocycles. The normalized spacial score (nSPS) is 33.5. The minimum atomic E-state index is -0.248. The lowest BCUT2D eigenvalue weighted by atomic mass is 9.56. The molecule has 158 valence electrons. The van der Waals surface area contributed by atoms with Crippen molar-refractivity contribution >= 4 is 23.4 Å². The van der Waals surface area contributed by atoms with E-state index in [1.807, 2.05) is 18.4 Å². The van der Waals surface area contributed by atoms with Crippen molar-refractivity contribution in [3.8, 4) is 5.75 Å². The quantitative estimate of drug-likeness (QED) is 0.522. The lowest BCUT2D eigenvalue weighted by Crippen LogP contribution is -2.54. The zero-order valence-corrected chi connectivity index (χ0v) is 19.1. The number of benzene rings is 1. The van der Waals surface area contributed by atoms with E-state index in [0.29, 0.717) is 23.5 Å². The fourth-order valence-corrected chi connectivity index (χ4v) is 7.23. The van der Waals surface area contributed by atoms with Crippen molar-refractivity contribution in [2.45, 2.75) is 64.4 Å². The number of thiophene rings is 1. The van der Waals surface area contributed by atoms with Gasteiger partial charge in [0.1, 0.15) is 11.4 Å². The van der Waals surface area contributed by atoms with Gasteiger partial charge in [0.25, 0.3) is 0 Å². The van der Waals surface area contributed by atoms with E-state index in [1.165, 1.54) is 30.4 Å². The van der Waals surface area contributed by atoms with E-state index in [2.05, 4.69) is 51.1 Å². The molecule has 2 bridgehead atoms. The van der Waals surface area contributed by atoms with Crippen LogP contribution in [0.5, 0.6) is 5.75 Å². The van der Waals surface area contributed by atoms with Gasteiger partial charge in [0.05, 0.1) is 12.2 Å². The second-order valence-electron chi connectivity index (χ2n) is 9.73. The van der Waals surface area contributed by atoms with E-state index in [4.69, 9.17) is 9.47 Å². The van der Waals surface area contributed by atoms with Gasteiger partial charge in [-0.25, -0.2) is 4.79 Å². The lowest BCUT2D eigenvalue weighted by Gasteiger charge is -2.48. The smallest absolute Gasteiger partial charge is 0.338 e. The summed E-state index contributed by atoms with van der Waals surface area (Å²) in [5.74, 6) is 1.50. The summed E-state index contributed by atoms with van der Waals surface area (Å²) in [6.07, 6.45) is 9.03. The van der Waals surface area contributed by atoms with Crippen molar-refractivity contribution in [1.29, 1.82) is 0 Å². The highest BCUT2D eigenvalue weighted by atomic mass is 32.1. The Morgan fingerprint density at radius 1 is 1.30 bits per heavy atom. The maximum absolute atomic E-state index is 11.8. The van der Waals surface area contributed by atoms with Crippen LogP contribution in [-0.4, -0.2) is 18.2 Å². The third-order valence-electron chi connectivity index (χ3n) is 8.39. The highest BCUT2D eigenvalue weighted by molar-refractivity contribution is 7.11. The molecule has 2 saturated carbocycles. The summed E-state index contributed by atoms with van der Waals surface area (Å²) in [4.78, 5) is 12.9. The maximum atomic E-state index is 11.8. The van der Waals surface area contributed by atoms with Gasteiger partial charge in [-0.2, -0.15) is 0 Å². The minimum Gasteiger partial charge on any atom is -0.486 e. The highest BCUT2D eigenvalue weighted by Gasteiger charge is 2.73. The molecule has 0 saturated heterocycles. The van der Waals surface area contributed by atoms with Crippen LogP contribution in [0.15, 0.2) is 35.7 Å². The summed E-state index contributed by atoms with van der Waals surface area (Å²) in [5.41, 5.74) is 3.69. The van der Waals surface area contributed by atoms with E-state index >= 15 is 0 Å². The van der Waals surface area contributed by atoms with Crippen LogP contribution in [0, 0.1) is 11.3 Å². The van der Waals surface area contributed by atoms with Gasteiger partial charge in [-0.05, 0) is 74.6 Å². The van der Waals surface area contributed by atoms with Gasteiger partial charge >= 0.3 is 5.97 Å². The van der Waals surface area contributed by atoms with Gasteiger partial charge in [0.2, 0.25) is 0 Å². The summed E-state index contributed by atoms with van der Waals surface area (Å²) in [6, 6.07) is 8.66. The predicted molar refractivity (Wildman–Crippen MR) is 121 cm³/mol. The van der Waals surface area contributed by atoms with Crippen LogP contribution in [0.4, 0.5) is 0 Å². The molecule has 4 atom stereocenters. The Labute approximate surface area is 183 Å². The molecule has 2 fully saturated rings. The number of carbonyl (C=O) groups is 1. The molecule has 4 heteroatoms. The molecule has 2 aromatic rings. The number of rotatable bonds is 5. The SMILES string of the molecule is CCOC(=O)c1csc(C=CCc2ccc3c(c2)C2(C)C4(C)CCC(C4)C2(C)O3)c1. The van der Waals surface area contributed by atoms with Gasteiger partial charge in [0.15, 0.2) is 0 Å². The third kappa shape index (κ3) is 2.59. The van der Waals surface area contributed by atoms with Crippen LogP contribution in [-0.2, 0) is 16.6 Å². The average Bonchev–Trinajstić information content (AvgIpc) is 3.43. The number of allylic oxidation sites excluding steroid dienone is 1. The Morgan fingerprint density at radius 3 is 2.93 bits per heavy atom. The Kier molecular flexibility index (Phi) is 4.45. The summed E-state index contributed by atoms with van der Waals surface area (Å²) >= 11 is 1.57. The molecule has 0 spiro atoms. The van der Waals surface area contributed by atoms with Crippen molar-refractivity contribution in [3.05, 3.63) is 57.3 Å². The highest BCUT2D eigenvalue weighted by Crippen LogP contribution is 2.73. The molecule has 30 heavy (non-hydrogen) atoms. The topological polar surface area (TPSA) is 35.5 Å². The fraction of sp³-hybridized carbons (Fsp3) is 0.500. The molecule has 1 aromatic heterocycles. The Balaban J connectivity index is 1.36. The molecule has 2 aliphatic carbocycles. The van der Waals surface area contributed by atoms with Crippen molar-refractivity contribution in [2.75, 3.05) is 6.61 Å². The number of ether oxygens (including phenoxy) is 2. The number of fused-ring (bicyclic) bond motifs is 7. The zero-order chi connectivity index (χ0) is 21.1. The fourth-order valence-electron chi connectivity index (χ4n) is 6.44. The summed E-state index contributed by atoms with van der Waals surface area (Å²) in [6.45, 7) is 9.49. The Bertz CT molecular complexity index is 1040. The van der Waals surface area contributed by atoms with Crippen molar-refractivity contribution in [3.63, 3.8) is 0 Å². The molecule has 5 rings (SSSR count). The molecule has 1 aliphatic heterocycles. The molecule has 0 N–H and O–H groups in total. The van der Waals surface area contributed by atoms with E-state index in [9.17, 15) is 4.79 Å². The second kappa shape index (κ2) is 6.71. The lowest BCUT2D eigenvalue weighted by molar-refractivity contribution is -0.0260. The van der Waals surface area contributed by atoms with Crippen LogP contribution in [0.2, 0.25) is 0 Å². The largest absolute Gasteiger partial charge is 0.486 e. The molecule has 3 nitrogen and oxygen atoms in total. The summed E-state index contributed by atoms with van der Waals surface area (Å²) in [7, 11) is 0. The average molecular weight is 423 g/mol. The van der Waals surface area contributed by atoms with E-state index < -0.39 is 0 Å². The van der Waals surface area contributed by atoms with E-state index in [1.54, 1.807) is 11.3 Å². The van der Waals surface area contributed by atoms with E-state index in [0.717, 1.165) is 17.0 Å². The zero-order valence-electron chi connectivity index (χ0n) is 18.3. The Morgan fingerprint density at radius 2 is 2.13 bits per heavy atom. The van der Waals surface area contributed by atoms with Gasteiger partial charge in [-0.15, -0.1) is 11.3 Å². The summed E-state index contributed by atoms with van der Waals surface area (Å²) < 4.78 is 11.7. The van der Waals surface area contributed by atoms with Gasteiger partial charge in [-0.1, -0.05) is 32.1 Å². The monoisotopic (exact) mass is 422 g/mol. The first-order valence-electron chi connectivity index (χ1n) is 11.1. The van der Waals surface area contributed by atoms with Crippen LogP contribution >= 0.6 is 11.3 Å². The molecular weight excluding hydrogens is 392 g/mol. The minimum absolute atomic E-state index is 0.0722. The van der Waals surface area contributed by atoms with Crippen LogP contribution in [0.25, 0.3) is 6.08 Å². The van der Waals surface area contributed by atoms with E-state index in [-0.39, 0.29) is 17.0 Å². The van der Waals surface area contributed by atoms with Gasteiger partial charge in [0, 0.05) is 21.2 Å². The molecule has 0 radical (unpaired) electrons. The Hall–Kier alpha value is -2.07. The molecule has 2 heterocycles. The number of carbonyl (C=O) groups excluding carboxylic acids is 1. The number of hydrogen-bond donors (Lipinski definition) is 0. The molecule has 3 aliphatic rings. The first-order valence-corrected chi connectivity index (χ1v) is 11.9. The standard InChI is InChI=1S/C26H30O3S/c1-5-28-23(27)18-14-20(30-16-18)8-6-7-17-9-10-22-21(13-17)25(3)24(2)12-11-19(15-24)26(25,4)29-22/h6,8-10,13-14,16,19H,5,7,11-12,15H2,1-4H3. The van der Waals surface area contributed by atoms with Crippen LogP contribution < -0.4 is 4.74 Å². The molecule has 0 amide bonds. The van der Waals surface area contributed by atoms with Crippen LogP contribution in [0.3, 0.4) is 0 Å². The van der Waals surface area contributed by atoms with Crippen LogP contribution in [0.1, 0.15) is 73.3 Å². The maximum Gasteiger partial charge on any atom is 0.338 e. The van der Waals surface area contributed by atoms with Gasteiger partial charge in [-0.3, -0.25) is 0 Å². The van der Waals surface area contributed by atoms with Crippen molar-refractivity contribution in [1.82, 2.24) is 0 Å². The third-order valence-corrected chi connectivity index (χ3v) is 9.29. The second-order valence-corrected chi connectivity index (χ2v) is 10.7. The number of esters is 1. The molecule has 4 unspecified atom stereocenters. The number of hydrogen-bond acceptors (Lipinski definition) is 4. The van der Waals surface area contributed by atoms with Gasteiger partial charge < -0.3 is 9.47 Å². The first kappa shape index (κ1) is 19.9. The summed E-state index contributed by atoms with van der Waals surface area (Å²) in [5, 5.41) is 1.86. The first-order chi connectivity index (χ1) is 14.3. The van der Waals surface area contributed by atoms with Crippen molar-refractivity contribution < 1.29 is 14.3 Å². The predicted octanol–water partition coefficient (Wildman–Crippen LogP) is 6.41. The van der Waals surface area contributed by atoms with Crippen molar-refractivity contribution in [2.24, 2.45) is 11.3 Å².